The number of amides is 3. The topological polar surface area (TPSA) is 237 Å². The van der Waals surface area contributed by atoms with Crippen LogP contribution in [0.4, 0.5) is 0 Å². The molecule has 0 aliphatic heterocycles. The van der Waals surface area contributed by atoms with Crippen molar-refractivity contribution in [1.29, 1.82) is 0 Å². The van der Waals surface area contributed by atoms with E-state index >= 15 is 0 Å². The maximum atomic E-state index is 13.1. The van der Waals surface area contributed by atoms with Crippen LogP contribution in [0.3, 0.4) is 0 Å². The molecule has 0 aliphatic carbocycles. The first-order valence-electron chi connectivity index (χ1n) is 12.8. The SMILES string of the molecule is NCCCCC(NC(=O)C(CO)NC(=O)C(N)Cc1ccc(O)cc1)C(=O)NC(Cc1ccc(O)cc1)C(=O)O. The summed E-state index contributed by atoms with van der Waals surface area (Å²) in [5.41, 5.74) is 12.7. The molecule has 13 heteroatoms. The van der Waals surface area contributed by atoms with Gasteiger partial charge >= 0.3 is 5.97 Å². The number of carbonyl (C=O) groups is 4. The number of benzene rings is 2. The summed E-state index contributed by atoms with van der Waals surface area (Å²) in [5, 5.41) is 45.5. The van der Waals surface area contributed by atoms with Crippen LogP contribution in [-0.2, 0) is 32.0 Å². The lowest BCUT2D eigenvalue weighted by Gasteiger charge is -2.24. The zero-order chi connectivity index (χ0) is 29.7. The molecule has 2 aromatic carbocycles. The second kappa shape index (κ2) is 16.0. The minimum Gasteiger partial charge on any atom is -0.508 e. The molecular formula is C27H37N5O8. The number of rotatable bonds is 16. The summed E-state index contributed by atoms with van der Waals surface area (Å²) >= 11 is 0. The molecule has 2 rings (SSSR count). The van der Waals surface area contributed by atoms with Gasteiger partial charge in [-0.15, -0.1) is 0 Å². The summed E-state index contributed by atoms with van der Waals surface area (Å²) in [5.74, 6) is -3.56. The number of aliphatic hydroxyl groups is 1. The van der Waals surface area contributed by atoms with Gasteiger partial charge in [-0.25, -0.2) is 4.79 Å². The number of hydrogen-bond donors (Lipinski definition) is 9. The third-order valence-corrected chi connectivity index (χ3v) is 6.11. The molecule has 0 radical (unpaired) electrons. The largest absolute Gasteiger partial charge is 0.508 e. The fraction of sp³-hybridized carbons (Fsp3) is 0.407. The van der Waals surface area contributed by atoms with Gasteiger partial charge in [0.2, 0.25) is 17.7 Å². The van der Waals surface area contributed by atoms with Crippen molar-refractivity contribution in [2.45, 2.75) is 56.3 Å². The number of phenolic OH excluding ortho intramolecular Hbond substituents is 2. The fourth-order valence-corrected chi connectivity index (χ4v) is 3.83. The van der Waals surface area contributed by atoms with Crippen LogP contribution < -0.4 is 27.4 Å². The van der Waals surface area contributed by atoms with Crippen molar-refractivity contribution in [1.82, 2.24) is 16.0 Å². The standard InChI is InChI=1S/C27H37N5O8/c28-12-2-1-3-21(25(37)31-22(27(39)40)14-17-6-10-19(35)11-7-17)30-26(38)23(15-33)32-24(36)20(29)13-16-4-8-18(34)9-5-16/h4-11,20-23,33-35H,1-3,12-15,28-29H2,(H,30,38)(H,31,37)(H,32,36)(H,39,40). The van der Waals surface area contributed by atoms with E-state index in [0.717, 1.165) is 0 Å². The van der Waals surface area contributed by atoms with Crippen LogP contribution in [0.2, 0.25) is 0 Å². The van der Waals surface area contributed by atoms with Crippen molar-refractivity contribution in [2.75, 3.05) is 13.2 Å². The number of unbranched alkanes of at least 4 members (excludes halogenated alkanes) is 1. The number of carbonyl (C=O) groups excluding carboxylic acids is 3. The summed E-state index contributed by atoms with van der Waals surface area (Å²) in [6, 6.07) is 6.94. The monoisotopic (exact) mass is 559 g/mol. The first kappa shape index (κ1) is 32.0. The molecule has 40 heavy (non-hydrogen) atoms. The Labute approximate surface area is 231 Å². The van der Waals surface area contributed by atoms with E-state index in [1.165, 1.54) is 36.4 Å². The molecule has 0 saturated heterocycles. The van der Waals surface area contributed by atoms with Gasteiger partial charge in [-0.2, -0.15) is 0 Å². The van der Waals surface area contributed by atoms with Crippen LogP contribution in [0, 0.1) is 0 Å². The van der Waals surface area contributed by atoms with E-state index in [1.807, 2.05) is 0 Å². The Bertz CT molecular complexity index is 1130. The highest BCUT2D eigenvalue weighted by Gasteiger charge is 2.30. The van der Waals surface area contributed by atoms with Crippen LogP contribution in [0.15, 0.2) is 48.5 Å². The van der Waals surface area contributed by atoms with Crippen molar-refractivity contribution in [3.8, 4) is 11.5 Å². The minimum absolute atomic E-state index is 0.00850. The average molecular weight is 560 g/mol. The van der Waals surface area contributed by atoms with Gasteiger partial charge in [-0.05, 0) is 67.6 Å². The third-order valence-electron chi connectivity index (χ3n) is 6.11. The van der Waals surface area contributed by atoms with Crippen LogP contribution in [0.1, 0.15) is 30.4 Å². The molecule has 0 aliphatic rings. The minimum atomic E-state index is -1.42. The Hall–Kier alpha value is -4.20. The quantitative estimate of drug-likeness (QED) is 0.112. The molecule has 0 spiro atoms. The van der Waals surface area contributed by atoms with Gasteiger partial charge < -0.3 is 47.8 Å². The van der Waals surface area contributed by atoms with E-state index in [9.17, 15) is 39.6 Å². The number of carboxylic acid groups (broad SMARTS) is 1. The molecule has 218 valence electrons. The number of aliphatic carboxylic acids is 1. The molecule has 0 saturated carbocycles. The summed E-state index contributed by atoms with van der Waals surface area (Å²) in [6.07, 6.45) is 1.15. The zero-order valence-electron chi connectivity index (χ0n) is 22.0. The molecule has 4 atom stereocenters. The number of nitrogens with one attached hydrogen (secondary N) is 3. The highest BCUT2D eigenvalue weighted by atomic mass is 16.4. The second-order valence-corrected chi connectivity index (χ2v) is 9.34. The second-order valence-electron chi connectivity index (χ2n) is 9.34. The predicted molar refractivity (Wildman–Crippen MR) is 145 cm³/mol. The average Bonchev–Trinajstić information content (AvgIpc) is 2.92. The molecule has 4 unspecified atom stereocenters. The summed E-state index contributed by atoms with van der Waals surface area (Å²) in [7, 11) is 0. The van der Waals surface area contributed by atoms with Gasteiger partial charge in [0.15, 0.2) is 0 Å². The third kappa shape index (κ3) is 10.5. The van der Waals surface area contributed by atoms with Crippen molar-refractivity contribution in [3.05, 3.63) is 59.7 Å². The Morgan fingerprint density at radius 2 is 1.18 bits per heavy atom. The van der Waals surface area contributed by atoms with E-state index in [1.54, 1.807) is 12.1 Å². The number of carboxylic acids is 1. The lowest BCUT2D eigenvalue weighted by atomic mass is 10.0. The molecule has 13 nitrogen and oxygen atoms in total. The van der Waals surface area contributed by atoms with Crippen LogP contribution in [0.25, 0.3) is 0 Å². The van der Waals surface area contributed by atoms with Crippen molar-refractivity contribution < 1.29 is 39.6 Å². The maximum absolute atomic E-state index is 13.1. The first-order valence-corrected chi connectivity index (χ1v) is 12.8. The molecule has 11 N–H and O–H groups in total. The van der Waals surface area contributed by atoms with E-state index in [0.29, 0.717) is 30.5 Å². The predicted octanol–water partition coefficient (Wildman–Crippen LogP) is -1.13. The van der Waals surface area contributed by atoms with Gasteiger partial charge in [0.25, 0.3) is 0 Å². The van der Waals surface area contributed by atoms with E-state index in [4.69, 9.17) is 11.5 Å². The Kier molecular flexibility index (Phi) is 12.8. The molecule has 2 aromatic rings. The lowest BCUT2D eigenvalue weighted by molar-refractivity contribution is -0.142. The number of phenols is 2. The highest BCUT2D eigenvalue weighted by Crippen LogP contribution is 2.13. The van der Waals surface area contributed by atoms with Crippen LogP contribution >= 0.6 is 0 Å². The smallest absolute Gasteiger partial charge is 0.326 e. The van der Waals surface area contributed by atoms with Crippen molar-refractivity contribution >= 4 is 23.7 Å². The summed E-state index contributed by atoms with van der Waals surface area (Å²) in [6.45, 7) is -0.436. The lowest BCUT2D eigenvalue weighted by Crippen LogP contribution is -2.58. The van der Waals surface area contributed by atoms with Crippen LogP contribution in [0.5, 0.6) is 11.5 Å². The Balaban J connectivity index is 2.06. The molecular weight excluding hydrogens is 522 g/mol. The molecule has 0 fully saturated rings. The van der Waals surface area contributed by atoms with Crippen LogP contribution in [-0.4, -0.2) is 81.4 Å². The number of nitrogens with two attached hydrogens (primary N) is 2. The van der Waals surface area contributed by atoms with Crippen molar-refractivity contribution in [2.24, 2.45) is 11.5 Å². The van der Waals surface area contributed by atoms with Gasteiger partial charge in [0.1, 0.15) is 29.6 Å². The highest BCUT2D eigenvalue weighted by molar-refractivity contribution is 5.94. The van der Waals surface area contributed by atoms with Gasteiger partial charge in [-0.3, -0.25) is 14.4 Å². The molecule has 0 bridgehead atoms. The zero-order valence-corrected chi connectivity index (χ0v) is 22.0. The Morgan fingerprint density at radius 3 is 1.68 bits per heavy atom. The number of hydrogen-bond acceptors (Lipinski definition) is 9. The van der Waals surface area contributed by atoms with Gasteiger partial charge in [0.05, 0.1) is 12.6 Å². The van der Waals surface area contributed by atoms with E-state index in [2.05, 4.69) is 16.0 Å². The first-order chi connectivity index (χ1) is 19.0. The maximum Gasteiger partial charge on any atom is 0.326 e. The van der Waals surface area contributed by atoms with Gasteiger partial charge in [-0.1, -0.05) is 24.3 Å². The van der Waals surface area contributed by atoms with E-state index in [-0.39, 0.29) is 30.8 Å². The van der Waals surface area contributed by atoms with E-state index < -0.39 is 54.5 Å². The number of aromatic hydroxyl groups is 2. The number of aliphatic hydroxyl groups excluding tert-OH is 1. The fourth-order valence-electron chi connectivity index (χ4n) is 3.83. The van der Waals surface area contributed by atoms with Gasteiger partial charge in [0, 0.05) is 6.42 Å². The summed E-state index contributed by atoms with van der Waals surface area (Å²) in [4.78, 5) is 50.4. The normalized spacial score (nSPS) is 13.9. The Morgan fingerprint density at radius 1 is 0.700 bits per heavy atom. The molecule has 0 aromatic heterocycles. The molecule has 3 amide bonds. The summed E-state index contributed by atoms with van der Waals surface area (Å²) < 4.78 is 0. The van der Waals surface area contributed by atoms with Crippen molar-refractivity contribution in [3.63, 3.8) is 0 Å². The molecule has 0 heterocycles.